The zero-order valence-electron chi connectivity index (χ0n) is 18.0. The summed E-state index contributed by atoms with van der Waals surface area (Å²) in [5.74, 6) is 0. The van der Waals surface area contributed by atoms with Gasteiger partial charge < -0.3 is 0 Å². The zero-order valence-corrected chi connectivity index (χ0v) is 12.0. The molecule has 0 bridgehead atoms. The van der Waals surface area contributed by atoms with Gasteiger partial charge in [-0.1, -0.05) is 44.9 Å². The van der Waals surface area contributed by atoms with Crippen LogP contribution in [0, 0.1) is 0 Å². The molecule has 0 aliphatic rings. The van der Waals surface area contributed by atoms with Gasteiger partial charge in [0.1, 0.15) is 5.65 Å². The van der Waals surface area contributed by atoms with Gasteiger partial charge in [-0.15, -0.1) is 0 Å². The highest BCUT2D eigenvalue weighted by atomic mass is 15.0. The van der Waals surface area contributed by atoms with Crippen molar-refractivity contribution >= 4 is 27.5 Å². The van der Waals surface area contributed by atoms with Crippen molar-refractivity contribution < 1.29 is 8.22 Å². The van der Waals surface area contributed by atoms with Gasteiger partial charge in [0, 0.05) is 22.7 Å². The molecule has 4 aromatic rings. The summed E-state index contributed by atoms with van der Waals surface area (Å²) in [5, 5.41) is 0.160. The molecule has 0 aliphatic heterocycles. The van der Waals surface area contributed by atoms with Crippen molar-refractivity contribution in [2.75, 3.05) is 0 Å². The van der Waals surface area contributed by atoms with Crippen molar-refractivity contribution in [3.05, 3.63) is 54.3 Å². The Balaban J connectivity index is 2.29. The molecule has 3 heteroatoms. The Bertz CT molecular complexity index is 1270. The normalized spacial score (nSPS) is 16.5. The van der Waals surface area contributed by atoms with Crippen LogP contribution in [0.15, 0.2) is 48.6 Å². The molecule has 1 aromatic carbocycles. The summed E-state index contributed by atoms with van der Waals surface area (Å²) >= 11 is 0. The number of nitrogens with zero attached hydrogens (tertiary/aromatic N) is 3. The Hall–Kier alpha value is -2.42. The molecule has 4 rings (SSSR count). The smallest absolute Gasteiger partial charge is 0.145 e. The molecule has 0 unspecified atom stereocenters. The minimum atomic E-state index is -0.419. The second kappa shape index (κ2) is 4.04. The van der Waals surface area contributed by atoms with E-state index in [9.17, 15) is 0 Å². The molecule has 0 fully saturated rings. The molecule has 0 aliphatic carbocycles. The molecule has 0 spiro atoms. The highest BCUT2D eigenvalue weighted by Gasteiger charge is 2.17. The number of pyridine rings is 2. The first-order valence-corrected chi connectivity index (χ1v) is 6.72. The molecular formula is C18H17N3. The summed E-state index contributed by atoms with van der Waals surface area (Å²) in [6, 6.07) is 0.174. The van der Waals surface area contributed by atoms with E-state index in [2.05, 4.69) is 9.97 Å². The minimum absolute atomic E-state index is 0.0119. The van der Waals surface area contributed by atoms with Crippen LogP contribution in [0.25, 0.3) is 27.5 Å². The number of aromatic nitrogens is 3. The molecule has 0 amide bonds. The maximum Gasteiger partial charge on any atom is 0.145 e. The van der Waals surface area contributed by atoms with Gasteiger partial charge in [-0.25, -0.2) is 4.98 Å². The Morgan fingerprint density at radius 1 is 1.14 bits per heavy atom. The molecule has 21 heavy (non-hydrogen) atoms. The van der Waals surface area contributed by atoms with Gasteiger partial charge in [0.2, 0.25) is 0 Å². The number of hydrogen-bond acceptors (Lipinski definition) is 2. The van der Waals surface area contributed by atoms with Crippen molar-refractivity contribution in [1.29, 1.82) is 0 Å². The lowest BCUT2D eigenvalue weighted by molar-refractivity contribution is 0.570. The van der Waals surface area contributed by atoms with Crippen LogP contribution < -0.4 is 0 Å². The quantitative estimate of drug-likeness (QED) is 0.480. The van der Waals surface area contributed by atoms with Crippen molar-refractivity contribution in [1.82, 2.24) is 14.4 Å². The Labute approximate surface area is 131 Å². The standard InChI is InChI=1S/C18H17N3/c1-18(2,3)16-10-14-15(11-19-16)21-9-8-12-6-4-5-7-13(12)17(21)20-14/h4-11H,1-3H3/i4D,5D,6D,7D,8D,9D. The van der Waals surface area contributed by atoms with Crippen LogP contribution in [-0.4, -0.2) is 14.4 Å². The molecular weight excluding hydrogens is 258 g/mol. The molecule has 0 radical (unpaired) electrons. The van der Waals surface area contributed by atoms with Gasteiger partial charge in [0.05, 0.1) is 25.5 Å². The molecule has 3 aromatic heterocycles. The van der Waals surface area contributed by atoms with Gasteiger partial charge in [-0.3, -0.25) is 9.38 Å². The second-order valence-corrected chi connectivity index (χ2v) is 6.07. The first-order chi connectivity index (χ1) is 12.5. The second-order valence-electron chi connectivity index (χ2n) is 6.07. The maximum atomic E-state index is 8.39. The van der Waals surface area contributed by atoms with Gasteiger partial charge in [-0.05, 0) is 17.5 Å². The van der Waals surface area contributed by atoms with E-state index in [0.717, 1.165) is 5.69 Å². The summed E-state index contributed by atoms with van der Waals surface area (Å²) in [6.07, 6.45) is 1.42. The predicted octanol–water partition coefficient (Wildman–Crippen LogP) is 4.33. The van der Waals surface area contributed by atoms with E-state index in [1.807, 2.05) is 26.8 Å². The van der Waals surface area contributed by atoms with Crippen LogP contribution in [0.3, 0.4) is 0 Å². The topological polar surface area (TPSA) is 30.2 Å². The number of fused-ring (bicyclic) bond motifs is 5. The van der Waals surface area contributed by atoms with Gasteiger partial charge in [0.15, 0.2) is 0 Å². The van der Waals surface area contributed by atoms with Crippen LogP contribution in [0.5, 0.6) is 0 Å². The highest BCUT2D eigenvalue weighted by molar-refractivity contribution is 5.97. The Morgan fingerprint density at radius 3 is 2.76 bits per heavy atom. The van der Waals surface area contributed by atoms with Crippen LogP contribution in [0.4, 0.5) is 0 Å². The number of hydrogen-bond donors (Lipinski definition) is 0. The maximum absolute atomic E-state index is 8.39. The van der Waals surface area contributed by atoms with Crippen molar-refractivity contribution in [3.8, 4) is 0 Å². The van der Waals surface area contributed by atoms with Crippen molar-refractivity contribution in [2.45, 2.75) is 26.2 Å². The van der Waals surface area contributed by atoms with E-state index >= 15 is 0 Å². The number of benzene rings is 1. The molecule has 0 N–H and O–H groups in total. The lowest BCUT2D eigenvalue weighted by Crippen LogP contribution is -2.13. The third-order valence-corrected chi connectivity index (χ3v) is 3.51. The fourth-order valence-corrected chi connectivity index (χ4v) is 2.35. The van der Waals surface area contributed by atoms with Gasteiger partial charge >= 0.3 is 0 Å². The van der Waals surface area contributed by atoms with Crippen LogP contribution >= 0.6 is 0 Å². The summed E-state index contributed by atoms with van der Waals surface area (Å²) < 4.78 is 50.4. The predicted molar refractivity (Wildman–Crippen MR) is 86.7 cm³/mol. The first kappa shape index (κ1) is 7.55. The van der Waals surface area contributed by atoms with Gasteiger partial charge in [0.25, 0.3) is 0 Å². The monoisotopic (exact) mass is 281 g/mol. The first-order valence-electron chi connectivity index (χ1n) is 9.72. The Kier molecular flexibility index (Phi) is 1.45. The molecule has 0 saturated carbocycles. The summed E-state index contributed by atoms with van der Waals surface area (Å²) in [6.45, 7) is 6.09. The van der Waals surface area contributed by atoms with Crippen molar-refractivity contribution in [3.63, 3.8) is 0 Å². The average molecular weight is 281 g/mol. The summed E-state index contributed by atoms with van der Waals surface area (Å²) in [5.41, 5.74) is 1.97. The SMILES string of the molecule is [2H]c1c([2H])c([2H])c2c(c1[2H])c([2H])c([2H])n1c3cnc(C(C)(C)C)cc3nc21. The van der Waals surface area contributed by atoms with Crippen LogP contribution in [0.2, 0.25) is 0 Å². The van der Waals surface area contributed by atoms with Gasteiger partial charge in [-0.2, -0.15) is 0 Å². The lowest BCUT2D eigenvalue weighted by atomic mass is 9.91. The summed E-state index contributed by atoms with van der Waals surface area (Å²) in [7, 11) is 0. The molecule has 0 atom stereocenters. The van der Waals surface area contributed by atoms with E-state index in [1.54, 1.807) is 6.20 Å². The number of rotatable bonds is 0. The van der Waals surface area contributed by atoms with E-state index in [-0.39, 0.29) is 52.2 Å². The minimum Gasteiger partial charge on any atom is -0.298 e. The molecule has 3 heterocycles. The number of imidazole rings is 1. The molecule has 0 saturated heterocycles. The largest absolute Gasteiger partial charge is 0.298 e. The fourth-order valence-electron chi connectivity index (χ4n) is 2.35. The Morgan fingerprint density at radius 2 is 1.95 bits per heavy atom. The van der Waals surface area contributed by atoms with Crippen LogP contribution in [-0.2, 0) is 5.41 Å². The van der Waals surface area contributed by atoms with E-state index in [4.69, 9.17) is 8.22 Å². The van der Waals surface area contributed by atoms with E-state index in [1.165, 1.54) is 4.40 Å². The van der Waals surface area contributed by atoms with E-state index < -0.39 is 6.04 Å². The third-order valence-electron chi connectivity index (χ3n) is 3.51. The average Bonchev–Trinajstić information content (AvgIpc) is 2.98. The molecule has 3 nitrogen and oxygen atoms in total. The summed E-state index contributed by atoms with van der Waals surface area (Å²) in [4.78, 5) is 9.03. The lowest BCUT2D eigenvalue weighted by Gasteiger charge is -2.16. The molecule has 104 valence electrons. The van der Waals surface area contributed by atoms with Crippen molar-refractivity contribution in [2.24, 2.45) is 0 Å². The fraction of sp³-hybridized carbons (Fsp3) is 0.222. The third kappa shape index (κ3) is 1.81. The van der Waals surface area contributed by atoms with E-state index in [0.29, 0.717) is 11.0 Å². The van der Waals surface area contributed by atoms with Crippen LogP contribution in [0.1, 0.15) is 34.7 Å². The highest BCUT2D eigenvalue weighted by Crippen LogP contribution is 2.27. The zero-order chi connectivity index (χ0) is 19.8.